The Morgan fingerprint density at radius 2 is 1.76 bits per heavy atom. The van der Waals surface area contributed by atoms with Crippen LogP contribution in [0.2, 0.25) is 0 Å². The molecule has 0 radical (unpaired) electrons. The number of fused-ring (bicyclic) bond motifs is 1. The van der Waals surface area contributed by atoms with E-state index in [0.29, 0.717) is 22.5 Å². The Bertz CT molecular complexity index is 1460. The number of alkyl halides is 3. The number of carboxylic acid groups (broad SMARTS) is 1. The third-order valence-electron chi connectivity index (χ3n) is 6.11. The lowest BCUT2D eigenvalue weighted by atomic mass is 10.0. The van der Waals surface area contributed by atoms with Gasteiger partial charge in [-0.1, -0.05) is 35.9 Å². The molecule has 2 aromatic carbocycles. The molecule has 8 nitrogen and oxygen atoms in total. The first-order chi connectivity index (χ1) is 17.2. The predicted octanol–water partition coefficient (Wildman–Crippen LogP) is 5.14. The Hall–Kier alpha value is -3.99. The van der Waals surface area contributed by atoms with Gasteiger partial charge in [0.05, 0.1) is 17.2 Å². The highest BCUT2D eigenvalue weighted by molar-refractivity contribution is 5.92. The van der Waals surface area contributed by atoms with Gasteiger partial charge in [0, 0.05) is 12.1 Å². The van der Waals surface area contributed by atoms with Crippen LogP contribution in [0.5, 0.6) is 0 Å². The number of halogens is 3. The summed E-state index contributed by atoms with van der Waals surface area (Å²) in [6, 6.07) is 11.7. The second kappa shape index (κ2) is 9.47. The van der Waals surface area contributed by atoms with Gasteiger partial charge in [0.2, 0.25) is 5.82 Å². The van der Waals surface area contributed by atoms with Gasteiger partial charge in [-0.15, -0.1) is 0 Å². The van der Waals surface area contributed by atoms with E-state index in [-0.39, 0.29) is 18.0 Å². The van der Waals surface area contributed by atoms with Crippen LogP contribution in [0.1, 0.15) is 48.1 Å². The van der Waals surface area contributed by atoms with Crippen LogP contribution < -0.4 is 5.32 Å². The normalized spacial score (nSPS) is 13.1. The highest BCUT2D eigenvalue weighted by atomic mass is 19.4. The van der Waals surface area contributed by atoms with Crippen LogP contribution in [0.3, 0.4) is 0 Å². The Labute approximate surface area is 210 Å². The van der Waals surface area contributed by atoms with Crippen LogP contribution in [-0.4, -0.2) is 47.3 Å². The fourth-order valence-corrected chi connectivity index (χ4v) is 3.75. The number of nitrogens with zero attached hydrogens (tertiary/aromatic N) is 4. The smallest absolute Gasteiger partial charge is 0.416 e. The van der Waals surface area contributed by atoms with Crippen LogP contribution in [0.4, 0.5) is 19.0 Å². The molecule has 0 aliphatic heterocycles. The third-order valence-corrected chi connectivity index (χ3v) is 6.11. The fraction of sp³-hybridized carbons (Fsp3) is 0.308. The maximum atomic E-state index is 13.1. The largest absolute Gasteiger partial charge is 0.475 e. The number of hydrogen-bond acceptors (Lipinski definition) is 6. The zero-order chi connectivity index (χ0) is 27.1. The number of aromatic carboxylic acids is 1. The van der Waals surface area contributed by atoms with Crippen LogP contribution in [0.15, 0.2) is 48.5 Å². The van der Waals surface area contributed by atoms with Crippen LogP contribution >= 0.6 is 0 Å². The average Bonchev–Trinajstić information content (AvgIpc) is 3.16. The first kappa shape index (κ1) is 26.1. The minimum atomic E-state index is -4.46. The molecule has 3 N–H and O–H groups in total. The van der Waals surface area contributed by atoms with E-state index >= 15 is 0 Å². The van der Waals surface area contributed by atoms with Gasteiger partial charge in [-0.05, 0) is 51.5 Å². The highest BCUT2D eigenvalue weighted by Crippen LogP contribution is 2.32. The molecule has 0 fully saturated rings. The first-order valence-corrected chi connectivity index (χ1v) is 11.5. The zero-order valence-electron chi connectivity index (χ0n) is 20.6. The fourth-order valence-electron chi connectivity index (χ4n) is 3.75. The van der Waals surface area contributed by atoms with E-state index in [1.54, 1.807) is 25.3 Å². The number of carboxylic acids is 1. The molecule has 0 bridgehead atoms. The molecule has 1 unspecified atom stereocenters. The van der Waals surface area contributed by atoms with E-state index < -0.39 is 35.2 Å². The summed E-state index contributed by atoms with van der Waals surface area (Å²) in [5, 5.41) is 23.1. The van der Waals surface area contributed by atoms with E-state index in [9.17, 15) is 28.2 Å². The van der Waals surface area contributed by atoms with Crippen LogP contribution in [0, 0.1) is 6.92 Å². The quantitative estimate of drug-likeness (QED) is 0.314. The molecule has 0 spiro atoms. The monoisotopic (exact) mass is 513 g/mol. The van der Waals surface area contributed by atoms with Crippen molar-refractivity contribution < 1.29 is 28.2 Å². The number of aryl methyl sites for hydroxylation is 1. The molecule has 11 heteroatoms. The van der Waals surface area contributed by atoms with Gasteiger partial charge in [0.15, 0.2) is 11.5 Å². The van der Waals surface area contributed by atoms with Gasteiger partial charge in [0.25, 0.3) is 0 Å². The van der Waals surface area contributed by atoms with Crippen molar-refractivity contribution >= 4 is 23.0 Å². The minimum absolute atomic E-state index is 0.0984. The molecule has 1 atom stereocenters. The Morgan fingerprint density at radius 3 is 2.32 bits per heavy atom. The Kier molecular flexibility index (Phi) is 6.68. The summed E-state index contributed by atoms with van der Waals surface area (Å²) in [5.74, 6) is -1.26. The molecule has 194 valence electrons. The average molecular weight is 514 g/mol. The van der Waals surface area contributed by atoms with Crippen molar-refractivity contribution in [3.05, 3.63) is 71.0 Å². The number of benzene rings is 2. The second-order valence-corrected chi connectivity index (χ2v) is 9.48. The SMILES string of the molecule is Cc1cccc(-c2nc3nc(C(=O)O)nc(NC(C)C(C)(C)O)c3n2Cc2ccc(C(F)(F)F)cc2)c1. The highest BCUT2D eigenvalue weighted by Gasteiger charge is 2.30. The second-order valence-electron chi connectivity index (χ2n) is 9.48. The number of nitrogens with one attached hydrogen (secondary N) is 1. The van der Waals surface area contributed by atoms with E-state index in [2.05, 4.69) is 20.3 Å². The molecule has 2 heterocycles. The van der Waals surface area contributed by atoms with Crippen LogP contribution in [-0.2, 0) is 12.7 Å². The maximum Gasteiger partial charge on any atom is 0.416 e. The van der Waals surface area contributed by atoms with Gasteiger partial charge < -0.3 is 20.1 Å². The predicted molar refractivity (Wildman–Crippen MR) is 132 cm³/mol. The molecule has 37 heavy (non-hydrogen) atoms. The molecule has 2 aromatic heterocycles. The van der Waals surface area contributed by atoms with Crippen molar-refractivity contribution in [2.75, 3.05) is 5.32 Å². The van der Waals surface area contributed by atoms with Gasteiger partial charge in [-0.3, -0.25) is 0 Å². The van der Waals surface area contributed by atoms with Crippen molar-refractivity contribution in [1.29, 1.82) is 0 Å². The lowest BCUT2D eigenvalue weighted by molar-refractivity contribution is -0.137. The van der Waals surface area contributed by atoms with Gasteiger partial charge in [-0.25, -0.2) is 19.7 Å². The molecule has 0 aliphatic rings. The first-order valence-electron chi connectivity index (χ1n) is 11.5. The Morgan fingerprint density at radius 1 is 1.08 bits per heavy atom. The summed E-state index contributed by atoms with van der Waals surface area (Å²) < 4.78 is 41.0. The van der Waals surface area contributed by atoms with Crippen molar-refractivity contribution in [3.8, 4) is 11.4 Å². The number of imidazole rings is 1. The van der Waals surface area contributed by atoms with E-state index in [0.717, 1.165) is 17.7 Å². The third kappa shape index (κ3) is 5.56. The van der Waals surface area contributed by atoms with Crippen molar-refractivity contribution in [3.63, 3.8) is 0 Å². The lowest BCUT2D eigenvalue weighted by Gasteiger charge is -2.27. The molecule has 0 saturated heterocycles. The number of carbonyl (C=O) groups is 1. The van der Waals surface area contributed by atoms with Crippen molar-refractivity contribution in [2.24, 2.45) is 0 Å². The van der Waals surface area contributed by atoms with Gasteiger partial charge in [-0.2, -0.15) is 13.2 Å². The molecule has 0 saturated carbocycles. The van der Waals surface area contributed by atoms with Crippen molar-refractivity contribution in [1.82, 2.24) is 19.5 Å². The molecular weight excluding hydrogens is 487 g/mol. The van der Waals surface area contributed by atoms with Crippen LogP contribution in [0.25, 0.3) is 22.6 Å². The topological polar surface area (TPSA) is 113 Å². The summed E-state index contributed by atoms with van der Waals surface area (Å²) in [6.45, 7) is 6.93. The molecular formula is C26H26F3N5O3. The summed E-state index contributed by atoms with van der Waals surface area (Å²) >= 11 is 0. The molecule has 4 aromatic rings. The van der Waals surface area contributed by atoms with E-state index in [4.69, 9.17) is 0 Å². The summed E-state index contributed by atoms with van der Waals surface area (Å²) in [7, 11) is 0. The lowest BCUT2D eigenvalue weighted by Crippen LogP contribution is -2.39. The standard InChI is InChI=1S/C26H26F3N5O3/c1-14-6-5-7-17(12-14)23-33-21-19(34(23)13-16-8-10-18(11-9-16)26(27,28)29)20(30-15(2)25(3,4)37)31-22(32-21)24(35)36/h5-12,15,37H,13H2,1-4H3,(H,35,36)(H,30,31,32). The number of aromatic nitrogens is 4. The summed E-state index contributed by atoms with van der Waals surface area (Å²) in [6.07, 6.45) is -4.46. The number of aliphatic hydroxyl groups is 1. The summed E-state index contributed by atoms with van der Waals surface area (Å²) in [4.78, 5) is 24.7. The zero-order valence-corrected chi connectivity index (χ0v) is 20.6. The molecule has 4 rings (SSSR count). The Balaban J connectivity index is 1.95. The van der Waals surface area contributed by atoms with Gasteiger partial charge in [0.1, 0.15) is 11.3 Å². The van der Waals surface area contributed by atoms with E-state index in [1.807, 2.05) is 31.2 Å². The van der Waals surface area contributed by atoms with Crippen molar-refractivity contribution in [2.45, 2.75) is 52.1 Å². The van der Waals surface area contributed by atoms with E-state index in [1.165, 1.54) is 12.1 Å². The minimum Gasteiger partial charge on any atom is -0.475 e. The van der Waals surface area contributed by atoms with Gasteiger partial charge >= 0.3 is 12.1 Å². The number of anilines is 1. The number of rotatable bonds is 7. The maximum absolute atomic E-state index is 13.1. The molecule has 0 aliphatic carbocycles. The summed E-state index contributed by atoms with van der Waals surface area (Å²) in [5.41, 5.74) is 0.739. The number of hydrogen-bond donors (Lipinski definition) is 3. The molecule has 0 amide bonds.